The van der Waals surface area contributed by atoms with Gasteiger partial charge in [-0.15, -0.1) is 0 Å². The van der Waals surface area contributed by atoms with Crippen LogP contribution in [-0.2, 0) is 9.59 Å². The Morgan fingerprint density at radius 2 is 1.60 bits per heavy atom. The Hall–Kier alpha value is -1.10. The van der Waals surface area contributed by atoms with Crippen LogP contribution in [0.2, 0.25) is 0 Å². The van der Waals surface area contributed by atoms with Crippen molar-refractivity contribution in [2.45, 2.75) is 69.7 Å². The summed E-state index contributed by atoms with van der Waals surface area (Å²) in [6.45, 7) is 0.247. The predicted molar refractivity (Wildman–Crippen MR) is 76.2 cm³/mol. The lowest BCUT2D eigenvalue weighted by molar-refractivity contribution is -0.149. The molecule has 2 rings (SSSR count). The Kier molecular flexibility index (Phi) is 4.68. The molecule has 0 bridgehead atoms. The van der Waals surface area contributed by atoms with Crippen molar-refractivity contribution >= 4 is 11.9 Å². The number of amides is 1. The minimum Gasteiger partial charge on any atom is -0.481 e. The molecular formula is C15H26N2O3. The van der Waals surface area contributed by atoms with Crippen LogP contribution in [0.3, 0.4) is 0 Å². The molecule has 2 aliphatic rings. The summed E-state index contributed by atoms with van der Waals surface area (Å²) in [5.74, 6) is -0.872. The first-order valence-electron chi connectivity index (χ1n) is 7.75. The molecule has 0 saturated heterocycles. The summed E-state index contributed by atoms with van der Waals surface area (Å²) >= 11 is 0. The molecule has 1 amide bonds. The average Bonchev–Trinajstić information content (AvgIpc) is 2.61. The maximum atomic E-state index is 12.0. The maximum absolute atomic E-state index is 12.0. The van der Waals surface area contributed by atoms with Gasteiger partial charge in [-0.1, -0.05) is 25.7 Å². The molecule has 0 unspecified atom stereocenters. The van der Waals surface area contributed by atoms with Crippen molar-refractivity contribution in [1.82, 2.24) is 5.32 Å². The van der Waals surface area contributed by atoms with E-state index >= 15 is 0 Å². The van der Waals surface area contributed by atoms with Crippen LogP contribution in [0.4, 0.5) is 0 Å². The van der Waals surface area contributed by atoms with Crippen LogP contribution in [0.1, 0.15) is 64.2 Å². The first-order valence-corrected chi connectivity index (χ1v) is 7.75. The number of aliphatic carboxylic acids is 1. The van der Waals surface area contributed by atoms with Crippen molar-refractivity contribution in [2.24, 2.45) is 11.1 Å². The second-order valence-corrected chi connectivity index (χ2v) is 6.67. The van der Waals surface area contributed by atoms with Crippen LogP contribution in [0, 0.1) is 5.41 Å². The molecular weight excluding hydrogens is 256 g/mol. The van der Waals surface area contributed by atoms with E-state index in [0.29, 0.717) is 19.3 Å². The zero-order chi connectivity index (χ0) is 14.6. The largest absolute Gasteiger partial charge is 0.481 e. The molecule has 2 saturated carbocycles. The van der Waals surface area contributed by atoms with Crippen molar-refractivity contribution < 1.29 is 14.7 Å². The van der Waals surface area contributed by atoms with Crippen molar-refractivity contribution in [3.05, 3.63) is 0 Å². The maximum Gasteiger partial charge on any atom is 0.311 e. The molecule has 0 aliphatic heterocycles. The van der Waals surface area contributed by atoms with E-state index in [1.54, 1.807) is 0 Å². The number of carbonyl (C=O) groups excluding carboxylic acids is 1. The Morgan fingerprint density at radius 1 is 1.00 bits per heavy atom. The lowest BCUT2D eigenvalue weighted by Gasteiger charge is -2.38. The van der Waals surface area contributed by atoms with E-state index in [2.05, 4.69) is 5.32 Å². The number of carboxylic acid groups (broad SMARTS) is 1. The van der Waals surface area contributed by atoms with Crippen LogP contribution >= 0.6 is 0 Å². The summed E-state index contributed by atoms with van der Waals surface area (Å²) in [6, 6.07) is 0. The first kappa shape index (κ1) is 15.3. The van der Waals surface area contributed by atoms with Gasteiger partial charge in [0.1, 0.15) is 0 Å². The van der Waals surface area contributed by atoms with Gasteiger partial charge in [-0.05, 0) is 32.1 Å². The molecule has 2 aliphatic carbocycles. The molecule has 5 nitrogen and oxygen atoms in total. The molecule has 4 N–H and O–H groups in total. The van der Waals surface area contributed by atoms with E-state index in [4.69, 9.17) is 5.73 Å². The van der Waals surface area contributed by atoms with Gasteiger partial charge in [0, 0.05) is 18.5 Å². The zero-order valence-corrected chi connectivity index (χ0v) is 12.1. The number of carboxylic acids is 1. The summed E-state index contributed by atoms with van der Waals surface area (Å²) in [6.07, 6.45) is 8.57. The Balaban J connectivity index is 1.88. The molecule has 0 aromatic heterocycles. The van der Waals surface area contributed by atoms with Gasteiger partial charge in [0.15, 0.2) is 0 Å². The second-order valence-electron chi connectivity index (χ2n) is 6.67. The van der Waals surface area contributed by atoms with Gasteiger partial charge < -0.3 is 16.2 Å². The minimum absolute atomic E-state index is 0.0999. The summed E-state index contributed by atoms with van der Waals surface area (Å²) in [4.78, 5) is 23.6. The summed E-state index contributed by atoms with van der Waals surface area (Å²) in [5.41, 5.74) is 4.94. The molecule has 0 heterocycles. The van der Waals surface area contributed by atoms with Crippen molar-refractivity contribution in [2.75, 3.05) is 6.54 Å². The van der Waals surface area contributed by atoms with Gasteiger partial charge >= 0.3 is 5.97 Å². The highest BCUT2D eigenvalue weighted by atomic mass is 16.4. The Labute approximate surface area is 120 Å². The van der Waals surface area contributed by atoms with Crippen LogP contribution in [0.5, 0.6) is 0 Å². The second kappa shape index (κ2) is 6.12. The van der Waals surface area contributed by atoms with Gasteiger partial charge in [0.25, 0.3) is 0 Å². The highest BCUT2D eigenvalue weighted by molar-refractivity contribution is 5.80. The third kappa shape index (κ3) is 3.51. The van der Waals surface area contributed by atoms with Crippen molar-refractivity contribution in [1.29, 1.82) is 0 Å². The Morgan fingerprint density at radius 3 is 2.05 bits per heavy atom. The quantitative estimate of drug-likeness (QED) is 0.670. The van der Waals surface area contributed by atoms with E-state index in [-0.39, 0.29) is 18.0 Å². The predicted octanol–water partition coefficient (Wildman–Crippen LogP) is 1.80. The minimum atomic E-state index is -0.772. The molecule has 0 aromatic carbocycles. The third-order valence-electron chi connectivity index (χ3n) is 5.00. The van der Waals surface area contributed by atoms with Crippen LogP contribution < -0.4 is 11.1 Å². The van der Waals surface area contributed by atoms with Crippen molar-refractivity contribution in [3.63, 3.8) is 0 Å². The number of hydrogen-bond donors (Lipinski definition) is 3. The average molecular weight is 282 g/mol. The lowest BCUT2D eigenvalue weighted by atomic mass is 9.75. The van der Waals surface area contributed by atoms with Gasteiger partial charge in [-0.25, -0.2) is 0 Å². The summed E-state index contributed by atoms with van der Waals surface area (Å²) < 4.78 is 0. The van der Waals surface area contributed by atoms with Gasteiger partial charge in [0.2, 0.25) is 5.91 Å². The fraction of sp³-hybridized carbons (Fsp3) is 0.867. The monoisotopic (exact) mass is 282 g/mol. The zero-order valence-electron chi connectivity index (χ0n) is 12.1. The molecule has 0 radical (unpaired) electrons. The first-order chi connectivity index (χ1) is 9.46. The van der Waals surface area contributed by atoms with Gasteiger partial charge in [0.05, 0.1) is 5.41 Å². The van der Waals surface area contributed by atoms with Gasteiger partial charge in [-0.2, -0.15) is 0 Å². The van der Waals surface area contributed by atoms with Crippen LogP contribution in [0.15, 0.2) is 0 Å². The summed E-state index contributed by atoms with van der Waals surface area (Å²) in [7, 11) is 0. The molecule has 5 heteroatoms. The highest BCUT2D eigenvalue weighted by Gasteiger charge is 2.40. The molecule has 0 aromatic rings. The van der Waals surface area contributed by atoms with E-state index in [1.165, 1.54) is 0 Å². The number of hydrogen-bond acceptors (Lipinski definition) is 3. The van der Waals surface area contributed by atoms with E-state index < -0.39 is 11.4 Å². The van der Waals surface area contributed by atoms with Crippen LogP contribution in [-0.4, -0.2) is 29.1 Å². The molecule has 20 heavy (non-hydrogen) atoms. The standard InChI is InChI=1S/C15H26N2O3/c16-15(8-5-9-15)10-12(18)17-11-14(13(19)20)6-3-1-2-4-7-14/h1-11,16H2,(H,17,18)(H,19,20). The van der Waals surface area contributed by atoms with E-state index in [1.807, 2.05) is 0 Å². The topological polar surface area (TPSA) is 92.4 Å². The smallest absolute Gasteiger partial charge is 0.311 e. The molecule has 0 spiro atoms. The normalized spacial score (nSPS) is 24.2. The van der Waals surface area contributed by atoms with Gasteiger partial charge in [-0.3, -0.25) is 9.59 Å². The summed E-state index contributed by atoms with van der Waals surface area (Å²) in [5, 5.41) is 12.4. The Bertz CT molecular complexity index is 369. The van der Waals surface area contributed by atoms with E-state index in [9.17, 15) is 14.7 Å². The number of nitrogens with two attached hydrogens (primary N) is 1. The van der Waals surface area contributed by atoms with Crippen LogP contribution in [0.25, 0.3) is 0 Å². The molecule has 2 fully saturated rings. The highest BCUT2D eigenvalue weighted by Crippen LogP contribution is 2.35. The fourth-order valence-electron chi connectivity index (χ4n) is 3.33. The van der Waals surface area contributed by atoms with E-state index in [0.717, 1.165) is 44.9 Å². The fourth-order valence-corrected chi connectivity index (χ4v) is 3.33. The number of carbonyl (C=O) groups is 2. The number of rotatable bonds is 5. The molecule has 0 atom stereocenters. The van der Waals surface area contributed by atoms with Crippen molar-refractivity contribution in [3.8, 4) is 0 Å². The molecule has 114 valence electrons. The third-order valence-corrected chi connectivity index (χ3v) is 5.00. The number of nitrogens with one attached hydrogen (secondary N) is 1. The SMILES string of the molecule is NC1(CC(=O)NCC2(C(=O)O)CCCCCC2)CCC1. The lowest BCUT2D eigenvalue weighted by Crippen LogP contribution is -2.51.